The highest BCUT2D eigenvalue weighted by Crippen LogP contribution is 2.28. The molecule has 0 spiro atoms. The van der Waals surface area contributed by atoms with Crippen LogP contribution in [0.1, 0.15) is 49.0 Å². The van der Waals surface area contributed by atoms with E-state index in [1.807, 2.05) is 0 Å². The van der Waals surface area contributed by atoms with Crippen molar-refractivity contribution in [1.82, 2.24) is 15.1 Å². The predicted molar refractivity (Wildman–Crippen MR) is 153 cm³/mol. The van der Waals surface area contributed by atoms with E-state index >= 15 is 0 Å². The van der Waals surface area contributed by atoms with Crippen LogP contribution in [-0.4, -0.2) is 92.8 Å². The summed E-state index contributed by atoms with van der Waals surface area (Å²) in [5.41, 5.74) is 0.595. The number of hydrogen-bond donors (Lipinski definition) is 1. The molecule has 1 aliphatic rings. The number of hydrogen-bond acceptors (Lipinski definition) is 6. The zero-order valence-corrected chi connectivity index (χ0v) is 24.6. The highest BCUT2D eigenvalue weighted by Gasteiger charge is 2.42. The van der Waals surface area contributed by atoms with Gasteiger partial charge in [-0.3, -0.25) is 14.4 Å². The molecule has 1 saturated heterocycles. The van der Waals surface area contributed by atoms with Crippen LogP contribution in [0.15, 0.2) is 48.5 Å². The summed E-state index contributed by atoms with van der Waals surface area (Å²) in [4.78, 5) is 57.1. The Morgan fingerprint density at radius 1 is 1.00 bits per heavy atom. The second-order valence-corrected chi connectivity index (χ2v) is 11.2. The SMILES string of the molecule is COc1ccc(C(=O)N(C)c2ccc([C@H](C(=O)N(C)C)[C@H](NC(=O)OC(C)(C)C)C(=O)N3CC[C@H](F)C3)cc2)cc1. The molecule has 4 amide bonds. The number of nitrogens with one attached hydrogen (secondary N) is 1. The quantitative estimate of drug-likeness (QED) is 0.520. The fraction of sp³-hybridized carbons (Fsp3) is 0.467. The second-order valence-electron chi connectivity index (χ2n) is 11.2. The van der Waals surface area contributed by atoms with Gasteiger partial charge in [-0.15, -0.1) is 0 Å². The topological polar surface area (TPSA) is 108 Å². The van der Waals surface area contributed by atoms with Gasteiger partial charge in [0.15, 0.2) is 0 Å². The van der Waals surface area contributed by atoms with Crippen molar-refractivity contribution in [3.8, 4) is 5.75 Å². The van der Waals surface area contributed by atoms with Crippen molar-refractivity contribution in [3.05, 3.63) is 59.7 Å². The summed E-state index contributed by atoms with van der Waals surface area (Å²) in [6, 6.07) is 12.0. The van der Waals surface area contributed by atoms with Crippen LogP contribution in [0.3, 0.4) is 0 Å². The molecule has 2 aromatic carbocycles. The number of halogens is 1. The summed E-state index contributed by atoms with van der Waals surface area (Å²) in [6.07, 6.45) is -1.87. The Bertz CT molecular complexity index is 1240. The Morgan fingerprint density at radius 2 is 1.61 bits per heavy atom. The smallest absolute Gasteiger partial charge is 0.408 e. The van der Waals surface area contributed by atoms with Gasteiger partial charge in [0, 0.05) is 38.9 Å². The molecule has 0 aliphatic carbocycles. The van der Waals surface area contributed by atoms with Gasteiger partial charge >= 0.3 is 6.09 Å². The molecular formula is C30H39FN4O6. The number of methoxy groups -OCH3 is 1. The molecule has 2 aromatic rings. The van der Waals surface area contributed by atoms with Crippen molar-refractivity contribution >= 4 is 29.5 Å². The van der Waals surface area contributed by atoms with E-state index in [0.29, 0.717) is 22.6 Å². The van der Waals surface area contributed by atoms with E-state index in [0.717, 1.165) is 0 Å². The molecule has 10 nitrogen and oxygen atoms in total. The number of nitrogens with zero attached hydrogens (tertiary/aromatic N) is 3. The van der Waals surface area contributed by atoms with Crippen molar-refractivity contribution in [2.75, 3.05) is 46.2 Å². The van der Waals surface area contributed by atoms with Crippen molar-refractivity contribution < 1.29 is 33.0 Å². The zero-order valence-electron chi connectivity index (χ0n) is 24.6. The summed E-state index contributed by atoms with van der Waals surface area (Å²) >= 11 is 0. The van der Waals surface area contributed by atoms with Crippen LogP contribution in [0.25, 0.3) is 0 Å². The van der Waals surface area contributed by atoms with E-state index in [9.17, 15) is 23.6 Å². The molecule has 41 heavy (non-hydrogen) atoms. The number of likely N-dealkylation sites (tertiary alicyclic amines) is 1. The Hall–Kier alpha value is -4.15. The number of ether oxygens (including phenoxy) is 2. The van der Waals surface area contributed by atoms with E-state index in [4.69, 9.17) is 9.47 Å². The average molecular weight is 571 g/mol. The van der Waals surface area contributed by atoms with Crippen LogP contribution in [0.2, 0.25) is 0 Å². The molecule has 1 fully saturated rings. The summed E-state index contributed by atoms with van der Waals surface area (Å²) in [5, 5.41) is 2.59. The van der Waals surface area contributed by atoms with E-state index in [-0.39, 0.29) is 25.4 Å². The van der Waals surface area contributed by atoms with Crippen molar-refractivity contribution in [2.24, 2.45) is 0 Å². The molecular weight excluding hydrogens is 531 g/mol. The molecule has 0 unspecified atom stereocenters. The molecule has 1 heterocycles. The van der Waals surface area contributed by atoms with E-state index < -0.39 is 41.6 Å². The maximum atomic E-state index is 14.0. The minimum absolute atomic E-state index is 0.120. The van der Waals surface area contributed by atoms with Crippen molar-refractivity contribution in [3.63, 3.8) is 0 Å². The second kappa shape index (κ2) is 13.0. The molecule has 222 valence electrons. The largest absolute Gasteiger partial charge is 0.497 e. The fourth-order valence-corrected chi connectivity index (χ4v) is 4.54. The Morgan fingerprint density at radius 3 is 2.10 bits per heavy atom. The molecule has 1 N–H and O–H groups in total. The van der Waals surface area contributed by atoms with Crippen molar-refractivity contribution in [2.45, 2.75) is 50.9 Å². The number of alkyl halides is 1. The van der Waals surface area contributed by atoms with Gasteiger partial charge in [0.25, 0.3) is 5.91 Å². The first-order valence-corrected chi connectivity index (χ1v) is 13.4. The minimum atomic E-state index is -1.35. The number of alkyl carbamates (subject to hydrolysis) is 1. The molecule has 0 saturated carbocycles. The third-order valence-corrected chi connectivity index (χ3v) is 6.70. The van der Waals surface area contributed by atoms with Crippen LogP contribution < -0.4 is 15.0 Å². The Balaban J connectivity index is 1.95. The first kappa shape index (κ1) is 31.4. The number of carbonyl (C=O) groups excluding carboxylic acids is 4. The average Bonchev–Trinajstić information content (AvgIpc) is 3.36. The summed E-state index contributed by atoms with van der Waals surface area (Å²) in [5.74, 6) is -1.78. The highest BCUT2D eigenvalue weighted by atomic mass is 19.1. The summed E-state index contributed by atoms with van der Waals surface area (Å²) in [7, 11) is 6.27. The molecule has 3 rings (SSSR count). The maximum Gasteiger partial charge on any atom is 0.408 e. The van der Waals surface area contributed by atoms with Gasteiger partial charge in [-0.05, 0) is 69.2 Å². The van der Waals surface area contributed by atoms with E-state index in [1.165, 1.54) is 14.7 Å². The Kier molecular flexibility index (Phi) is 9.96. The van der Waals surface area contributed by atoms with E-state index in [2.05, 4.69) is 5.32 Å². The van der Waals surface area contributed by atoms with E-state index in [1.54, 1.807) is 97.6 Å². The van der Waals surface area contributed by atoms with Gasteiger partial charge in [-0.2, -0.15) is 0 Å². The fourth-order valence-electron chi connectivity index (χ4n) is 4.54. The van der Waals surface area contributed by atoms with Crippen molar-refractivity contribution in [1.29, 1.82) is 0 Å². The molecule has 0 bridgehead atoms. The highest BCUT2D eigenvalue weighted by molar-refractivity contribution is 6.05. The third kappa shape index (κ3) is 7.96. The normalized spacial score (nSPS) is 16.4. The molecule has 3 atom stereocenters. The van der Waals surface area contributed by atoms with Gasteiger partial charge < -0.3 is 29.5 Å². The molecule has 0 radical (unpaired) electrons. The number of carbonyl (C=O) groups is 4. The number of likely N-dealkylation sites (N-methyl/N-ethyl adjacent to an activating group) is 1. The van der Waals surface area contributed by atoms with Gasteiger partial charge in [0.2, 0.25) is 11.8 Å². The van der Waals surface area contributed by atoms with Crippen LogP contribution in [0, 0.1) is 0 Å². The lowest BCUT2D eigenvalue weighted by molar-refractivity contribution is -0.139. The number of rotatable bonds is 8. The lowest BCUT2D eigenvalue weighted by Crippen LogP contribution is -2.55. The summed E-state index contributed by atoms with van der Waals surface area (Å²) in [6.45, 7) is 5.10. The van der Waals surface area contributed by atoms with Crippen LogP contribution >= 0.6 is 0 Å². The lowest BCUT2D eigenvalue weighted by Gasteiger charge is -2.32. The van der Waals surface area contributed by atoms with Gasteiger partial charge in [-0.1, -0.05) is 12.1 Å². The van der Waals surface area contributed by atoms with Gasteiger partial charge in [-0.25, -0.2) is 9.18 Å². The Labute approximate surface area is 240 Å². The molecule has 0 aromatic heterocycles. The number of anilines is 1. The number of amides is 4. The van der Waals surface area contributed by atoms with Gasteiger partial charge in [0.05, 0.1) is 19.6 Å². The first-order valence-electron chi connectivity index (χ1n) is 13.4. The standard InChI is InChI=1S/C30H39FN4O6/c1-30(2,3)41-29(39)32-25(28(38)35-17-16-21(31)18-35)24(27(37)33(4)5)19-8-12-22(13-9-19)34(6)26(36)20-10-14-23(40-7)15-11-20/h8-15,21,24-25H,16-18H2,1-7H3,(H,32,39)/t21-,24-,25-/m0/s1. The minimum Gasteiger partial charge on any atom is -0.497 e. The molecule has 1 aliphatic heterocycles. The van der Waals surface area contributed by atoms with Crippen LogP contribution in [0.5, 0.6) is 5.75 Å². The number of benzene rings is 2. The maximum absolute atomic E-state index is 14.0. The zero-order chi connectivity index (χ0) is 30.5. The van der Waals surface area contributed by atoms with Gasteiger partial charge in [0.1, 0.15) is 23.6 Å². The van der Waals surface area contributed by atoms with Crippen LogP contribution in [0.4, 0.5) is 14.9 Å². The first-order chi connectivity index (χ1) is 19.2. The molecule has 11 heteroatoms. The van der Waals surface area contributed by atoms with Crippen LogP contribution in [-0.2, 0) is 14.3 Å². The monoisotopic (exact) mass is 570 g/mol. The predicted octanol–water partition coefficient (Wildman–Crippen LogP) is 3.61. The lowest BCUT2D eigenvalue weighted by atomic mass is 9.88. The summed E-state index contributed by atoms with van der Waals surface area (Å²) < 4.78 is 24.6. The third-order valence-electron chi connectivity index (χ3n) is 6.70.